The molecule has 2 amide bonds. The average Bonchev–Trinajstić information content (AvgIpc) is 3.20. The van der Waals surface area contributed by atoms with Gasteiger partial charge in [0, 0.05) is 23.4 Å². The Hall–Kier alpha value is -4.47. The molecule has 4 N–H and O–H groups in total. The van der Waals surface area contributed by atoms with Crippen LogP contribution in [0.15, 0.2) is 72.8 Å². The number of amides is 2. The number of anilines is 2. The van der Waals surface area contributed by atoms with Crippen LogP contribution in [0.5, 0.6) is 0 Å². The molecule has 0 unspecified atom stereocenters. The van der Waals surface area contributed by atoms with Gasteiger partial charge in [-0.15, -0.1) is 0 Å². The number of hydrogen-bond acceptors (Lipinski definition) is 6. The molecule has 9 nitrogen and oxygen atoms in total. The van der Waals surface area contributed by atoms with Gasteiger partial charge in [-0.2, -0.15) is 0 Å². The predicted octanol–water partition coefficient (Wildman–Crippen LogP) is 3.54. The van der Waals surface area contributed by atoms with Gasteiger partial charge in [0.2, 0.25) is 0 Å². The third-order valence-electron chi connectivity index (χ3n) is 5.55. The van der Waals surface area contributed by atoms with Gasteiger partial charge in [0.05, 0.1) is 29.1 Å². The summed E-state index contributed by atoms with van der Waals surface area (Å²) in [6.07, 6.45) is 0. The zero-order valence-electron chi connectivity index (χ0n) is 19.9. The quantitative estimate of drug-likeness (QED) is 0.207. The van der Waals surface area contributed by atoms with Crippen molar-refractivity contribution in [1.82, 2.24) is 10.4 Å². The maximum atomic E-state index is 13.0. The number of rotatable bonds is 9. The van der Waals surface area contributed by atoms with E-state index in [0.717, 1.165) is 5.56 Å². The number of nitrogens with one attached hydrogen (secondary N) is 3. The van der Waals surface area contributed by atoms with Gasteiger partial charge in [-0.25, -0.2) is 10.3 Å². The molecule has 3 aromatic rings. The minimum Gasteiger partial charge on any atom is -0.478 e. The molecule has 0 fully saturated rings. The van der Waals surface area contributed by atoms with Gasteiger partial charge < -0.3 is 20.6 Å². The molecule has 0 atom stereocenters. The van der Waals surface area contributed by atoms with E-state index < -0.39 is 5.97 Å². The number of aromatic carboxylic acids is 1. The van der Waals surface area contributed by atoms with Crippen molar-refractivity contribution in [3.05, 3.63) is 95.1 Å². The second-order valence-corrected chi connectivity index (χ2v) is 8.42. The number of benzene rings is 3. The SMILES string of the molecule is CN(C)CCONC(=O)c1ccc(N/C(=C2/C(=O)Nc3cc(C(=O)O)ccc32)c2ccccc2)cc1. The Morgan fingerprint density at radius 1 is 0.944 bits per heavy atom. The van der Waals surface area contributed by atoms with Crippen LogP contribution in [-0.4, -0.2) is 55.0 Å². The van der Waals surface area contributed by atoms with Crippen molar-refractivity contribution in [3.8, 4) is 0 Å². The lowest BCUT2D eigenvalue weighted by molar-refractivity contribution is -0.110. The van der Waals surface area contributed by atoms with Crippen LogP contribution in [0.25, 0.3) is 11.3 Å². The van der Waals surface area contributed by atoms with E-state index in [0.29, 0.717) is 46.9 Å². The lowest BCUT2D eigenvalue weighted by Crippen LogP contribution is -2.28. The number of carbonyl (C=O) groups excluding carboxylic acids is 2. The largest absolute Gasteiger partial charge is 0.478 e. The minimum absolute atomic E-state index is 0.0871. The number of nitrogens with zero attached hydrogens (tertiary/aromatic N) is 1. The lowest BCUT2D eigenvalue weighted by atomic mass is 9.99. The highest BCUT2D eigenvalue weighted by Gasteiger charge is 2.29. The number of carbonyl (C=O) groups is 3. The molecule has 0 radical (unpaired) electrons. The summed E-state index contributed by atoms with van der Waals surface area (Å²) < 4.78 is 0. The van der Waals surface area contributed by atoms with Crippen molar-refractivity contribution < 1.29 is 24.3 Å². The van der Waals surface area contributed by atoms with Crippen LogP contribution in [0.3, 0.4) is 0 Å². The van der Waals surface area contributed by atoms with Crippen LogP contribution in [0.2, 0.25) is 0 Å². The molecule has 0 bridgehead atoms. The highest BCUT2D eigenvalue weighted by atomic mass is 16.6. The molecule has 1 heterocycles. The number of hydrogen-bond donors (Lipinski definition) is 4. The summed E-state index contributed by atoms with van der Waals surface area (Å²) in [6, 6.07) is 20.7. The molecule has 0 saturated heterocycles. The summed E-state index contributed by atoms with van der Waals surface area (Å²) in [5, 5.41) is 15.4. The van der Waals surface area contributed by atoms with Gasteiger partial charge in [-0.05, 0) is 56.1 Å². The second-order valence-electron chi connectivity index (χ2n) is 8.42. The summed E-state index contributed by atoms with van der Waals surface area (Å²) >= 11 is 0. The van der Waals surface area contributed by atoms with E-state index in [-0.39, 0.29) is 17.4 Å². The van der Waals surface area contributed by atoms with Gasteiger partial charge in [0.15, 0.2) is 0 Å². The van der Waals surface area contributed by atoms with Crippen molar-refractivity contribution in [2.24, 2.45) is 0 Å². The number of carboxylic acids is 1. The average molecular weight is 487 g/mol. The van der Waals surface area contributed by atoms with Crippen LogP contribution >= 0.6 is 0 Å². The van der Waals surface area contributed by atoms with Crippen molar-refractivity contribution in [2.75, 3.05) is 37.9 Å². The molecule has 36 heavy (non-hydrogen) atoms. The summed E-state index contributed by atoms with van der Waals surface area (Å²) in [5.41, 5.74) is 6.35. The monoisotopic (exact) mass is 486 g/mol. The Balaban J connectivity index is 1.62. The molecular formula is C27H26N4O5. The highest BCUT2D eigenvalue weighted by Crippen LogP contribution is 2.38. The van der Waals surface area contributed by atoms with Crippen LogP contribution in [0, 0.1) is 0 Å². The van der Waals surface area contributed by atoms with E-state index in [2.05, 4.69) is 16.1 Å². The number of hydroxylamine groups is 1. The van der Waals surface area contributed by atoms with Gasteiger partial charge in [0.25, 0.3) is 11.8 Å². The van der Waals surface area contributed by atoms with Crippen molar-refractivity contribution in [1.29, 1.82) is 0 Å². The maximum Gasteiger partial charge on any atom is 0.335 e. The van der Waals surface area contributed by atoms with Crippen molar-refractivity contribution in [3.63, 3.8) is 0 Å². The Bertz CT molecular complexity index is 1320. The van der Waals surface area contributed by atoms with Crippen LogP contribution < -0.4 is 16.1 Å². The molecule has 3 aromatic carbocycles. The Morgan fingerprint density at radius 2 is 1.64 bits per heavy atom. The van der Waals surface area contributed by atoms with Crippen molar-refractivity contribution in [2.45, 2.75) is 0 Å². The van der Waals surface area contributed by atoms with Crippen molar-refractivity contribution >= 4 is 40.4 Å². The summed E-state index contributed by atoms with van der Waals surface area (Å²) in [4.78, 5) is 43.8. The molecule has 0 aromatic heterocycles. The normalized spacial score (nSPS) is 13.7. The Labute approximate surface area is 208 Å². The first-order valence-corrected chi connectivity index (χ1v) is 11.3. The first kappa shape index (κ1) is 24.6. The van der Waals surface area contributed by atoms with E-state index >= 15 is 0 Å². The van der Waals surface area contributed by atoms with E-state index in [1.165, 1.54) is 12.1 Å². The topological polar surface area (TPSA) is 120 Å². The van der Waals surface area contributed by atoms with E-state index in [4.69, 9.17) is 4.84 Å². The standard InChI is InChI=1S/C27H26N4O5/c1-31(2)14-15-36-30-25(32)18-8-11-20(12-9-18)28-24(17-6-4-3-5-7-17)23-21-13-10-19(27(34)35)16-22(21)29-26(23)33/h3-13,16,28H,14-15H2,1-2H3,(H,29,33)(H,30,32)(H,34,35)/b24-23+. The Kier molecular flexibility index (Phi) is 7.43. The molecule has 9 heteroatoms. The summed E-state index contributed by atoms with van der Waals surface area (Å²) in [5.74, 6) is -1.77. The molecule has 184 valence electrons. The first-order chi connectivity index (χ1) is 17.3. The summed E-state index contributed by atoms with van der Waals surface area (Å²) in [7, 11) is 3.83. The number of likely N-dealkylation sites (N-methyl/N-ethyl adjacent to an activating group) is 1. The van der Waals surface area contributed by atoms with Crippen LogP contribution in [0.1, 0.15) is 31.8 Å². The minimum atomic E-state index is -1.07. The first-order valence-electron chi connectivity index (χ1n) is 11.3. The molecule has 0 aliphatic carbocycles. The van der Waals surface area contributed by atoms with E-state index in [9.17, 15) is 19.5 Å². The summed E-state index contributed by atoms with van der Waals surface area (Å²) in [6.45, 7) is 1.04. The van der Waals surface area contributed by atoms with Crippen LogP contribution in [0.4, 0.5) is 11.4 Å². The second kappa shape index (κ2) is 10.9. The maximum absolute atomic E-state index is 13.0. The third-order valence-corrected chi connectivity index (χ3v) is 5.55. The zero-order chi connectivity index (χ0) is 25.7. The molecule has 0 spiro atoms. The highest BCUT2D eigenvalue weighted by molar-refractivity contribution is 6.37. The van der Waals surface area contributed by atoms with Gasteiger partial charge >= 0.3 is 5.97 Å². The third kappa shape index (κ3) is 5.60. The number of carboxylic acid groups (broad SMARTS) is 1. The van der Waals surface area contributed by atoms with Crippen LogP contribution in [-0.2, 0) is 9.63 Å². The number of fused-ring (bicyclic) bond motifs is 1. The molecular weight excluding hydrogens is 460 g/mol. The van der Waals surface area contributed by atoms with E-state index in [1.807, 2.05) is 49.3 Å². The smallest absolute Gasteiger partial charge is 0.335 e. The molecule has 1 aliphatic heterocycles. The van der Waals surface area contributed by atoms with Gasteiger partial charge in [-0.3, -0.25) is 14.4 Å². The van der Waals surface area contributed by atoms with Gasteiger partial charge in [-0.1, -0.05) is 36.4 Å². The zero-order valence-corrected chi connectivity index (χ0v) is 19.9. The van der Waals surface area contributed by atoms with E-state index in [1.54, 1.807) is 30.3 Å². The molecule has 4 rings (SSSR count). The van der Waals surface area contributed by atoms with Gasteiger partial charge in [0.1, 0.15) is 0 Å². The fourth-order valence-electron chi connectivity index (χ4n) is 3.69. The molecule has 1 aliphatic rings. The fraction of sp³-hybridized carbons (Fsp3) is 0.148. The lowest BCUT2D eigenvalue weighted by Gasteiger charge is -2.15. The predicted molar refractivity (Wildman–Crippen MR) is 137 cm³/mol. The molecule has 0 saturated carbocycles. The fourth-order valence-corrected chi connectivity index (χ4v) is 3.69. The Morgan fingerprint density at radius 3 is 2.31 bits per heavy atom.